The molecule has 0 amide bonds. The van der Waals surface area contributed by atoms with Crippen LogP contribution in [0, 0.1) is 0 Å². The number of hydrogen-bond acceptors (Lipinski definition) is 3. The Morgan fingerprint density at radius 2 is 2.11 bits per heavy atom. The average molecular weight is 267 g/mol. The van der Waals surface area contributed by atoms with Gasteiger partial charge in [0.25, 0.3) is 0 Å². The highest BCUT2D eigenvalue weighted by atomic mass is 32.1. The number of aromatic nitrogens is 1. The number of thiophene rings is 1. The molecule has 0 saturated heterocycles. The van der Waals surface area contributed by atoms with E-state index in [1.807, 2.05) is 41.9 Å². The zero-order valence-corrected chi connectivity index (χ0v) is 11.2. The normalized spacial score (nSPS) is 10.7. The molecule has 0 N–H and O–H groups in total. The maximum Gasteiger partial charge on any atom is 0.164 e. The standard InChI is InChI=1S/C16H13NOS/c18-15(7-6-12-3-2-9-17-11-12)14-5-1-4-13-8-10-19-16(13)14/h1-5,8-11H,6-7H2. The molecule has 3 aromatic rings. The van der Waals surface area contributed by atoms with Gasteiger partial charge >= 0.3 is 0 Å². The number of carbonyl (C=O) groups excluding carboxylic acids is 1. The first-order valence-corrected chi connectivity index (χ1v) is 7.11. The number of aryl methyl sites for hydroxylation is 1. The molecular formula is C16H13NOS. The highest BCUT2D eigenvalue weighted by Crippen LogP contribution is 2.25. The molecule has 0 fully saturated rings. The van der Waals surface area contributed by atoms with E-state index in [2.05, 4.69) is 11.1 Å². The number of Topliss-reactive ketones (excluding diaryl/α,β-unsaturated/α-hetero) is 1. The van der Waals surface area contributed by atoms with Gasteiger partial charge in [-0.05, 0) is 40.9 Å². The molecule has 0 spiro atoms. The molecule has 3 rings (SSSR count). The van der Waals surface area contributed by atoms with E-state index >= 15 is 0 Å². The summed E-state index contributed by atoms with van der Waals surface area (Å²) in [6, 6.07) is 11.9. The Bertz CT molecular complexity index is 703. The Balaban J connectivity index is 1.79. The minimum atomic E-state index is 0.205. The van der Waals surface area contributed by atoms with E-state index in [-0.39, 0.29) is 5.78 Å². The number of benzene rings is 1. The summed E-state index contributed by atoms with van der Waals surface area (Å²) in [6.45, 7) is 0. The first-order valence-electron chi connectivity index (χ1n) is 6.23. The van der Waals surface area contributed by atoms with Crippen LogP contribution in [0.1, 0.15) is 22.3 Å². The fourth-order valence-corrected chi connectivity index (χ4v) is 3.08. The summed E-state index contributed by atoms with van der Waals surface area (Å²) in [5.41, 5.74) is 1.95. The van der Waals surface area contributed by atoms with E-state index in [0.717, 1.165) is 27.6 Å². The van der Waals surface area contributed by atoms with Crippen molar-refractivity contribution < 1.29 is 4.79 Å². The quantitative estimate of drug-likeness (QED) is 0.666. The van der Waals surface area contributed by atoms with Crippen molar-refractivity contribution in [3.8, 4) is 0 Å². The van der Waals surface area contributed by atoms with Crippen molar-refractivity contribution in [3.63, 3.8) is 0 Å². The van der Waals surface area contributed by atoms with Crippen LogP contribution in [0.5, 0.6) is 0 Å². The largest absolute Gasteiger partial charge is 0.294 e. The lowest BCUT2D eigenvalue weighted by atomic mass is 10.0. The minimum absolute atomic E-state index is 0.205. The number of carbonyl (C=O) groups is 1. The number of nitrogens with zero attached hydrogens (tertiary/aromatic N) is 1. The summed E-state index contributed by atoms with van der Waals surface area (Å²) < 4.78 is 1.10. The van der Waals surface area contributed by atoms with Gasteiger partial charge in [-0.25, -0.2) is 0 Å². The number of rotatable bonds is 4. The van der Waals surface area contributed by atoms with Crippen LogP contribution in [0.4, 0.5) is 0 Å². The Morgan fingerprint density at radius 3 is 2.95 bits per heavy atom. The molecule has 19 heavy (non-hydrogen) atoms. The number of fused-ring (bicyclic) bond motifs is 1. The number of hydrogen-bond donors (Lipinski definition) is 0. The molecule has 2 aromatic heterocycles. The van der Waals surface area contributed by atoms with Gasteiger partial charge in [-0.2, -0.15) is 0 Å². The zero-order valence-electron chi connectivity index (χ0n) is 10.4. The molecule has 3 heteroatoms. The average Bonchev–Trinajstić information content (AvgIpc) is 2.94. The monoisotopic (exact) mass is 267 g/mol. The van der Waals surface area contributed by atoms with Crippen LogP contribution >= 0.6 is 11.3 Å². The molecule has 0 aliphatic rings. The lowest BCUT2D eigenvalue weighted by molar-refractivity contribution is 0.0984. The van der Waals surface area contributed by atoms with E-state index in [1.165, 1.54) is 0 Å². The third-order valence-corrected chi connectivity index (χ3v) is 4.11. The Hall–Kier alpha value is -2.00. The van der Waals surface area contributed by atoms with Crippen molar-refractivity contribution in [3.05, 3.63) is 65.3 Å². The Labute approximate surface area is 115 Å². The van der Waals surface area contributed by atoms with Crippen molar-refractivity contribution >= 4 is 27.2 Å². The van der Waals surface area contributed by atoms with E-state index < -0.39 is 0 Å². The molecule has 1 aromatic carbocycles. The van der Waals surface area contributed by atoms with Gasteiger partial charge in [0.1, 0.15) is 0 Å². The van der Waals surface area contributed by atoms with Gasteiger partial charge in [0.05, 0.1) is 0 Å². The fourth-order valence-electron chi connectivity index (χ4n) is 2.15. The van der Waals surface area contributed by atoms with E-state index in [0.29, 0.717) is 6.42 Å². The van der Waals surface area contributed by atoms with Crippen molar-refractivity contribution in [2.75, 3.05) is 0 Å². The van der Waals surface area contributed by atoms with Crippen LogP contribution in [-0.2, 0) is 6.42 Å². The Morgan fingerprint density at radius 1 is 1.16 bits per heavy atom. The second-order valence-corrected chi connectivity index (χ2v) is 5.35. The summed E-state index contributed by atoms with van der Waals surface area (Å²) in [7, 11) is 0. The predicted molar refractivity (Wildman–Crippen MR) is 78.7 cm³/mol. The third-order valence-electron chi connectivity index (χ3n) is 3.14. The van der Waals surface area contributed by atoms with Crippen molar-refractivity contribution in [2.24, 2.45) is 0 Å². The lowest BCUT2D eigenvalue weighted by Gasteiger charge is -2.03. The molecule has 0 aliphatic heterocycles. The van der Waals surface area contributed by atoms with E-state index in [9.17, 15) is 4.79 Å². The third kappa shape index (κ3) is 2.56. The second kappa shape index (κ2) is 5.33. The first-order chi connectivity index (χ1) is 9.34. The van der Waals surface area contributed by atoms with Crippen LogP contribution in [0.2, 0.25) is 0 Å². The summed E-state index contributed by atoms with van der Waals surface area (Å²) in [5, 5.41) is 3.18. The van der Waals surface area contributed by atoms with Gasteiger partial charge in [-0.1, -0.05) is 18.2 Å². The SMILES string of the molecule is O=C(CCc1cccnc1)c1cccc2ccsc12. The molecule has 0 radical (unpaired) electrons. The summed E-state index contributed by atoms with van der Waals surface area (Å²) >= 11 is 1.63. The summed E-state index contributed by atoms with van der Waals surface area (Å²) in [4.78, 5) is 16.4. The maximum atomic E-state index is 12.3. The van der Waals surface area contributed by atoms with Crippen LogP contribution < -0.4 is 0 Å². The van der Waals surface area contributed by atoms with Gasteiger partial charge in [0, 0.05) is 29.1 Å². The molecule has 2 heterocycles. The molecule has 0 bridgehead atoms. The molecule has 0 aliphatic carbocycles. The minimum Gasteiger partial charge on any atom is -0.294 e. The second-order valence-electron chi connectivity index (χ2n) is 4.43. The Kier molecular flexibility index (Phi) is 3.38. The van der Waals surface area contributed by atoms with Crippen LogP contribution in [-0.4, -0.2) is 10.8 Å². The molecule has 0 atom stereocenters. The zero-order chi connectivity index (χ0) is 13.1. The van der Waals surface area contributed by atoms with E-state index in [1.54, 1.807) is 17.5 Å². The number of pyridine rings is 1. The van der Waals surface area contributed by atoms with E-state index in [4.69, 9.17) is 0 Å². The predicted octanol–water partition coefficient (Wildman–Crippen LogP) is 4.11. The van der Waals surface area contributed by atoms with Gasteiger partial charge in [0.15, 0.2) is 5.78 Å². The fraction of sp³-hybridized carbons (Fsp3) is 0.125. The van der Waals surface area contributed by atoms with Crippen molar-refractivity contribution in [2.45, 2.75) is 12.8 Å². The molecule has 94 valence electrons. The number of ketones is 1. The first kappa shape index (κ1) is 12.1. The highest BCUT2D eigenvalue weighted by molar-refractivity contribution is 7.17. The van der Waals surface area contributed by atoms with Crippen LogP contribution in [0.3, 0.4) is 0 Å². The molecule has 2 nitrogen and oxygen atoms in total. The van der Waals surface area contributed by atoms with Gasteiger partial charge in [0.2, 0.25) is 0 Å². The van der Waals surface area contributed by atoms with Crippen LogP contribution in [0.15, 0.2) is 54.2 Å². The summed E-state index contributed by atoms with van der Waals surface area (Å²) in [6.07, 6.45) is 4.84. The molecular weight excluding hydrogens is 254 g/mol. The highest BCUT2D eigenvalue weighted by Gasteiger charge is 2.10. The van der Waals surface area contributed by atoms with Crippen molar-refractivity contribution in [1.82, 2.24) is 4.98 Å². The maximum absolute atomic E-state index is 12.3. The summed E-state index contributed by atoms with van der Waals surface area (Å²) in [5.74, 6) is 0.205. The van der Waals surface area contributed by atoms with Gasteiger partial charge < -0.3 is 0 Å². The van der Waals surface area contributed by atoms with Crippen LogP contribution in [0.25, 0.3) is 10.1 Å². The topological polar surface area (TPSA) is 30.0 Å². The van der Waals surface area contributed by atoms with Crippen molar-refractivity contribution in [1.29, 1.82) is 0 Å². The van der Waals surface area contributed by atoms with Gasteiger partial charge in [-0.3, -0.25) is 9.78 Å². The molecule has 0 saturated carbocycles. The smallest absolute Gasteiger partial charge is 0.164 e. The lowest BCUT2D eigenvalue weighted by Crippen LogP contribution is -2.01. The van der Waals surface area contributed by atoms with Gasteiger partial charge in [-0.15, -0.1) is 11.3 Å². The molecule has 0 unspecified atom stereocenters.